The zero-order chi connectivity index (χ0) is 21.4. The van der Waals surface area contributed by atoms with Crippen LogP contribution < -0.4 is 0 Å². The molecule has 0 spiro atoms. The van der Waals surface area contributed by atoms with Crippen LogP contribution in [-0.4, -0.2) is 98.4 Å². The third-order valence-electron chi connectivity index (χ3n) is 3.60. The quantitative estimate of drug-likeness (QED) is 0.539. The molecule has 0 unspecified atom stereocenters. The van der Waals surface area contributed by atoms with Crippen molar-refractivity contribution in [1.29, 1.82) is 0 Å². The van der Waals surface area contributed by atoms with E-state index in [-0.39, 0.29) is 13.2 Å². The summed E-state index contributed by atoms with van der Waals surface area (Å²) in [7, 11) is 7.04. The average molecular weight is 396 g/mol. The van der Waals surface area contributed by atoms with E-state index in [1.807, 2.05) is 0 Å². The predicted octanol–water partition coefficient (Wildman–Crippen LogP) is 0.520. The van der Waals surface area contributed by atoms with Crippen LogP contribution in [0.3, 0.4) is 0 Å². The maximum absolute atomic E-state index is 12.2. The number of ether oxygens (including phenoxy) is 2. The number of rotatable bonds is 10. The van der Waals surface area contributed by atoms with E-state index in [2.05, 4.69) is 0 Å². The highest BCUT2D eigenvalue weighted by Gasteiger charge is 2.27. The van der Waals surface area contributed by atoms with Gasteiger partial charge in [-0.2, -0.15) is 0 Å². The minimum atomic E-state index is -1.50. The first kappa shape index (κ1) is 23.1. The molecule has 0 aliphatic rings. The van der Waals surface area contributed by atoms with Gasteiger partial charge in [-0.15, -0.1) is 0 Å². The molecule has 10 heteroatoms. The number of hydrogen-bond acceptors (Lipinski definition) is 8. The van der Waals surface area contributed by atoms with Crippen molar-refractivity contribution in [3.8, 4) is 0 Å². The van der Waals surface area contributed by atoms with Crippen molar-refractivity contribution in [3.05, 3.63) is 34.4 Å². The molecule has 1 aromatic rings. The monoisotopic (exact) mass is 396 g/mol. The molecular weight excluding hydrogens is 372 g/mol. The Hall–Kier alpha value is -2.98. The van der Waals surface area contributed by atoms with Crippen molar-refractivity contribution in [2.75, 3.05) is 54.5 Å². The van der Waals surface area contributed by atoms with Crippen LogP contribution in [0.25, 0.3) is 0 Å². The largest absolute Gasteiger partial charge is 0.478 e. The molecule has 0 saturated carbocycles. The Morgan fingerprint density at radius 3 is 1.29 bits per heavy atom. The normalized spacial score (nSPS) is 10.8. The second-order valence-corrected chi connectivity index (χ2v) is 6.43. The molecule has 28 heavy (non-hydrogen) atoms. The lowest BCUT2D eigenvalue weighted by atomic mass is 9.98. The Labute approximate surface area is 162 Å². The van der Waals surface area contributed by atoms with E-state index >= 15 is 0 Å². The van der Waals surface area contributed by atoms with Crippen molar-refractivity contribution >= 4 is 23.9 Å². The van der Waals surface area contributed by atoms with Crippen LogP contribution in [0.1, 0.15) is 41.4 Å². The van der Waals surface area contributed by atoms with E-state index in [0.717, 1.165) is 12.1 Å². The number of benzene rings is 1. The van der Waals surface area contributed by atoms with Crippen LogP contribution in [0.15, 0.2) is 12.1 Å². The minimum Gasteiger partial charge on any atom is -0.478 e. The Bertz CT molecular complexity index is 694. The summed E-state index contributed by atoms with van der Waals surface area (Å²) in [6, 6.07) is 1.65. The first-order valence-corrected chi connectivity index (χ1v) is 8.33. The fourth-order valence-corrected chi connectivity index (χ4v) is 2.09. The third kappa shape index (κ3) is 6.63. The highest BCUT2D eigenvalue weighted by molar-refractivity contribution is 6.09. The lowest BCUT2D eigenvalue weighted by Crippen LogP contribution is -2.23. The number of aromatic carboxylic acids is 2. The Morgan fingerprint density at radius 1 is 0.714 bits per heavy atom. The predicted molar refractivity (Wildman–Crippen MR) is 98.0 cm³/mol. The van der Waals surface area contributed by atoms with Gasteiger partial charge in [0.1, 0.15) is 13.2 Å². The molecule has 0 fully saturated rings. The van der Waals surface area contributed by atoms with Crippen LogP contribution in [0.5, 0.6) is 0 Å². The number of hydrogen-bond donors (Lipinski definition) is 2. The van der Waals surface area contributed by atoms with Gasteiger partial charge in [0.15, 0.2) is 0 Å². The molecule has 0 amide bonds. The summed E-state index contributed by atoms with van der Waals surface area (Å²) in [6.07, 6.45) is 0. The second-order valence-electron chi connectivity index (χ2n) is 6.43. The number of likely N-dealkylation sites (N-methyl/N-ethyl adjacent to an activating group) is 2. The zero-order valence-corrected chi connectivity index (χ0v) is 16.2. The molecule has 0 bridgehead atoms. The fraction of sp³-hybridized carbons (Fsp3) is 0.444. The summed E-state index contributed by atoms with van der Waals surface area (Å²) >= 11 is 0. The van der Waals surface area contributed by atoms with Crippen molar-refractivity contribution < 1.29 is 38.9 Å². The highest BCUT2D eigenvalue weighted by Crippen LogP contribution is 2.20. The molecule has 0 aromatic heterocycles. The van der Waals surface area contributed by atoms with Gasteiger partial charge >= 0.3 is 23.9 Å². The van der Waals surface area contributed by atoms with E-state index < -0.39 is 46.1 Å². The van der Waals surface area contributed by atoms with Gasteiger partial charge in [0, 0.05) is 13.1 Å². The Morgan fingerprint density at radius 2 is 1.04 bits per heavy atom. The van der Waals surface area contributed by atoms with Crippen molar-refractivity contribution in [1.82, 2.24) is 9.80 Å². The third-order valence-corrected chi connectivity index (χ3v) is 3.60. The van der Waals surface area contributed by atoms with Crippen molar-refractivity contribution in [3.63, 3.8) is 0 Å². The first-order valence-electron chi connectivity index (χ1n) is 8.33. The van der Waals surface area contributed by atoms with Crippen LogP contribution >= 0.6 is 0 Å². The molecule has 0 aliphatic heterocycles. The standard InChI is InChI=1S/C18H24N2O8/c1-19(2)5-7-27-17(25)13-9-12(16(23)24)14(10-11(13)15(21)22)18(26)28-8-6-20(3)4/h9-10H,5-8H2,1-4H3,(H,21,22)(H,23,24). The Balaban J connectivity index is 3.24. The van der Waals surface area contributed by atoms with E-state index in [9.17, 15) is 29.4 Å². The molecule has 154 valence electrons. The summed E-state index contributed by atoms with van der Waals surface area (Å²) in [5.41, 5.74) is -1.99. The summed E-state index contributed by atoms with van der Waals surface area (Å²) in [5, 5.41) is 18.8. The van der Waals surface area contributed by atoms with Crippen molar-refractivity contribution in [2.45, 2.75) is 0 Å². The second kappa shape index (κ2) is 10.4. The van der Waals surface area contributed by atoms with E-state index in [1.165, 1.54) is 0 Å². The minimum absolute atomic E-state index is 0.0123. The number of carboxylic acid groups (broad SMARTS) is 2. The average Bonchev–Trinajstić information content (AvgIpc) is 2.59. The number of esters is 2. The molecule has 0 atom stereocenters. The summed E-state index contributed by atoms with van der Waals surface area (Å²) < 4.78 is 10.00. The topological polar surface area (TPSA) is 134 Å². The molecule has 0 saturated heterocycles. The van der Waals surface area contributed by atoms with E-state index in [1.54, 1.807) is 38.0 Å². The summed E-state index contributed by atoms with van der Waals surface area (Å²) in [6.45, 7) is 0.773. The molecule has 2 N–H and O–H groups in total. The molecule has 0 radical (unpaired) electrons. The van der Waals surface area contributed by atoms with Gasteiger partial charge in [-0.3, -0.25) is 0 Å². The van der Waals surface area contributed by atoms with Crippen molar-refractivity contribution in [2.24, 2.45) is 0 Å². The zero-order valence-electron chi connectivity index (χ0n) is 16.2. The molecule has 10 nitrogen and oxygen atoms in total. The van der Waals surface area contributed by atoms with Gasteiger partial charge in [0.2, 0.25) is 0 Å². The first-order chi connectivity index (χ1) is 13.0. The number of carboxylic acids is 2. The maximum atomic E-state index is 12.2. The number of carbonyl (C=O) groups is 4. The van der Waals surface area contributed by atoms with Gasteiger partial charge in [-0.1, -0.05) is 0 Å². The summed E-state index contributed by atoms with van der Waals surface area (Å²) in [4.78, 5) is 51.1. The maximum Gasteiger partial charge on any atom is 0.339 e. The van der Waals surface area contributed by atoms with Gasteiger partial charge in [-0.05, 0) is 40.3 Å². The van der Waals surface area contributed by atoms with Gasteiger partial charge in [-0.25, -0.2) is 19.2 Å². The highest BCUT2D eigenvalue weighted by atomic mass is 16.5. The number of nitrogens with zero attached hydrogens (tertiary/aromatic N) is 2. The SMILES string of the molecule is CN(C)CCOC(=O)c1cc(C(=O)O)c(C(=O)OCCN(C)C)cc1C(=O)O. The lowest BCUT2D eigenvalue weighted by Gasteiger charge is -2.14. The molecule has 0 heterocycles. The van der Waals surface area contributed by atoms with E-state index in [4.69, 9.17) is 9.47 Å². The molecule has 0 aliphatic carbocycles. The lowest BCUT2D eigenvalue weighted by molar-refractivity contribution is 0.0457. The smallest absolute Gasteiger partial charge is 0.339 e. The van der Waals surface area contributed by atoms with Gasteiger partial charge in [0.05, 0.1) is 22.3 Å². The van der Waals surface area contributed by atoms with Crippen LogP contribution in [0.2, 0.25) is 0 Å². The van der Waals surface area contributed by atoms with Gasteiger partial charge < -0.3 is 29.5 Å². The Kier molecular flexibility index (Phi) is 8.55. The number of carbonyl (C=O) groups excluding carboxylic acids is 2. The fourth-order valence-electron chi connectivity index (χ4n) is 2.09. The summed E-state index contributed by atoms with van der Waals surface area (Å²) in [5.74, 6) is -4.98. The molecule has 1 aromatic carbocycles. The molecular formula is C18H24N2O8. The van der Waals surface area contributed by atoms with E-state index in [0.29, 0.717) is 13.1 Å². The molecule has 1 rings (SSSR count). The van der Waals surface area contributed by atoms with Crippen LogP contribution in [-0.2, 0) is 9.47 Å². The van der Waals surface area contributed by atoms with Crippen LogP contribution in [0, 0.1) is 0 Å². The van der Waals surface area contributed by atoms with Gasteiger partial charge in [0.25, 0.3) is 0 Å². The van der Waals surface area contributed by atoms with Crippen LogP contribution in [0.4, 0.5) is 0 Å².